The summed E-state index contributed by atoms with van der Waals surface area (Å²) >= 11 is 0. The first-order valence-corrected chi connectivity index (χ1v) is 9.50. The van der Waals surface area contributed by atoms with Gasteiger partial charge in [-0.1, -0.05) is 17.3 Å². The van der Waals surface area contributed by atoms with Crippen LogP contribution >= 0.6 is 12.4 Å². The molecule has 24 heavy (non-hydrogen) atoms. The molecule has 9 heteroatoms. The fourth-order valence-electron chi connectivity index (χ4n) is 2.68. The van der Waals surface area contributed by atoms with Gasteiger partial charge in [-0.15, -0.1) is 12.4 Å². The van der Waals surface area contributed by atoms with Crippen LogP contribution in [-0.4, -0.2) is 56.4 Å². The van der Waals surface area contributed by atoms with Gasteiger partial charge >= 0.3 is 0 Å². The third-order valence-electron chi connectivity index (χ3n) is 3.85. The summed E-state index contributed by atoms with van der Waals surface area (Å²) in [6.07, 6.45) is 1.22. The first-order chi connectivity index (χ1) is 10.9. The van der Waals surface area contributed by atoms with Gasteiger partial charge in [0.15, 0.2) is 15.7 Å². The van der Waals surface area contributed by atoms with Crippen LogP contribution < -0.4 is 5.32 Å². The molecule has 0 saturated carbocycles. The Morgan fingerprint density at radius 3 is 2.92 bits per heavy atom. The summed E-state index contributed by atoms with van der Waals surface area (Å²) in [5.41, 5.74) is 1.44. The second-order valence-electron chi connectivity index (χ2n) is 5.93. The van der Waals surface area contributed by atoms with Crippen LogP contribution in [-0.2, 0) is 15.6 Å². The third kappa shape index (κ3) is 4.54. The maximum atomic E-state index is 11.4. The fraction of sp³-hybridized carbons (Fsp3) is 0.467. The molecule has 7 nitrogen and oxygen atoms in total. The molecule has 2 heterocycles. The number of nitrogens with zero attached hydrogens (tertiary/aromatic N) is 3. The fourth-order valence-corrected chi connectivity index (χ4v) is 3.46. The van der Waals surface area contributed by atoms with Crippen LogP contribution in [0.2, 0.25) is 0 Å². The molecule has 1 atom stereocenters. The molecule has 1 aromatic heterocycles. The van der Waals surface area contributed by atoms with Crippen molar-refractivity contribution in [3.05, 3.63) is 35.7 Å². The number of nitrogens with one attached hydrogen (secondary N) is 1. The minimum absolute atomic E-state index is 0. The summed E-state index contributed by atoms with van der Waals surface area (Å²) < 4.78 is 28.2. The molecule has 1 saturated heterocycles. The molecule has 3 rings (SSSR count). The summed E-state index contributed by atoms with van der Waals surface area (Å²) in [5, 5.41) is 7.40. The molecule has 0 amide bonds. The Kier molecular flexibility index (Phi) is 5.97. The van der Waals surface area contributed by atoms with E-state index in [1.165, 1.54) is 6.26 Å². The van der Waals surface area contributed by atoms with E-state index in [9.17, 15) is 8.42 Å². The number of hydrogen-bond donors (Lipinski definition) is 1. The Labute approximate surface area is 147 Å². The first kappa shape index (κ1) is 18.9. The van der Waals surface area contributed by atoms with E-state index in [4.69, 9.17) is 4.52 Å². The van der Waals surface area contributed by atoms with E-state index in [0.717, 1.165) is 25.2 Å². The lowest BCUT2D eigenvalue weighted by atomic mass is 10.1. The van der Waals surface area contributed by atoms with Gasteiger partial charge < -0.3 is 9.84 Å². The number of benzene rings is 1. The SMILES string of the molecule is CN1CCNCC1c1noc(-c2cccc(CS(C)(=O)=O)c2)n1.Cl. The van der Waals surface area contributed by atoms with E-state index in [1.807, 2.05) is 13.1 Å². The number of likely N-dealkylation sites (N-methyl/N-ethyl adjacent to an activating group) is 1. The van der Waals surface area contributed by atoms with Crippen molar-refractivity contribution in [3.8, 4) is 11.5 Å². The Morgan fingerprint density at radius 2 is 2.21 bits per heavy atom. The molecule has 1 unspecified atom stereocenters. The Hall–Kier alpha value is -1.48. The number of hydrogen-bond acceptors (Lipinski definition) is 7. The molecule has 2 aromatic rings. The number of piperazine rings is 1. The quantitative estimate of drug-likeness (QED) is 0.864. The van der Waals surface area contributed by atoms with Crippen LogP contribution in [0.25, 0.3) is 11.5 Å². The highest BCUT2D eigenvalue weighted by molar-refractivity contribution is 7.89. The average Bonchev–Trinajstić information content (AvgIpc) is 2.96. The molecule has 0 bridgehead atoms. The van der Waals surface area contributed by atoms with Gasteiger partial charge in [0, 0.05) is 31.5 Å². The maximum absolute atomic E-state index is 11.4. The molecule has 0 spiro atoms. The van der Waals surface area contributed by atoms with Crippen molar-refractivity contribution in [1.29, 1.82) is 0 Å². The third-order valence-corrected chi connectivity index (χ3v) is 4.71. The molecule has 1 fully saturated rings. The minimum Gasteiger partial charge on any atom is -0.334 e. The normalized spacial score (nSPS) is 19.0. The first-order valence-electron chi connectivity index (χ1n) is 7.44. The minimum atomic E-state index is -3.08. The van der Waals surface area contributed by atoms with Gasteiger partial charge in [-0.3, -0.25) is 4.90 Å². The number of aromatic nitrogens is 2. The summed E-state index contributed by atoms with van der Waals surface area (Å²) in [7, 11) is -1.04. The van der Waals surface area contributed by atoms with Crippen molar-refractivity contribution >= 4 is 22.2 Å². The van der Waals surface area contributed by atoms with Gasteiger partial charge in [0.05, 0.1) is 11.8 Å². The molecule has 0 aliphatic carbocycles. The van der Waals surface area contributed by atoms with Crippen LogP contribution in [0.5, 0.6) is 0 Å². The smallest absolute Gasteiger partial charge is 0.257 e. The van der Waals surface area contributed by atoms with Crippen LogP contribution in [0, 0.1) is 0 Å². The van der Waals surface area contributed by atoms with Crippen LogP contribution in [0.1, 0.15) is 17.4 Å². The van der Waals surface area contributed by atoms with Gasteiger partial charge in [-0.2, -0.15) is 4.98 Å². The van der Waals surface area contributed by atoms with Crippen molar-refractivity contribution in [2.24, 2.45) is 0 Å². The van der Waals surface area contributed by atoms with E-state index in [1.54, 1.807) is 18.2 Å². The molecular formula is C15H21ClN4O3S. The van der Waals surface area contributed by atoms with Crippen LogP contribution in [0.15, 0.2) is 28.8 Å². The number of sulfone groups is 1. The molecule has 1 aliphatic heterocycles. The predicted molar refractivity (Wildman–Crippen MR) is 93.8 cm³/mol. The average molecular weight is 373 g/mol. The van der Waals surface area contributed by atoms with Crippen molar-refractivity contribution in [2.75, 3.05) is 32.9 Å². The predicted octanol–water partition coefficient (Wildman–Crippen LogP) is 1.28. The second kappa shape index (κ2) is 7.60. The molecule has 1 aliphatic rings. The zero-order valence-electron chi connectivity index (χ0n) is 13.6. The Morgan fingerprint density at radius 1 is 1.42 bits per heavy atom. The number of rotatable bonds is 4. The largest absolute Gasteiger partial charge is 0.334 e. The lowest BCUT2D eigenvalue weighted by Crippen LogP contribution is -2.44. The highest BCUT2D eigenvalue weighted by Gasteiger charge is 2.25. The lowest BCUT2D eigenvalue weighted by Gasteiger charge is -2.30. The molecule has 1 aromatic carbocycles. The Balaban J connectivity index is 0.00000208. The number of halogens is 1. The maximum Gasteiger partial charge on any atom is 0.257 e. The van der Waals surface area contributed by atoms with E-state index in [2.05, 4.69) is 20.4 Å². The van der Waals surface area contributed by atoms with E-state index < -0.39 is 9.84 Å². The van der Waals surface area contributed by atoms with Gasteiger partial charge in [-0.25, -0.2) is 8.42 Å². The monoisotopic (exact) mass is 372 g/mol. The Bertz CT molecular complexity index is 794. The van der Waals surface area contributed by atoms with Gasteiger partial charge in [0.2, 0.25) is 0 Å². The highest BCUT2D eigenvalue weighted by atomic mass is 35.5. The standard InChI is InChI=1S/C15H20N4O3S.ClH/c1-19-7-6-16-9-13(19)14-17-15(22-18-14)12-5-3-4-11(8-12)10-23(2,20)21;/h3-5,8,13,16H,6-7,9-10H2,1-2H3;1H. The molecule has 0 radical (unpaired) electrons. The summed E-state index contributed by atoms with van der Waals surface area (Å²) in [4.78, 5) is 6.67. The van der Waals surface area contributed by atoms with Gasteiger partial charge in [0.25, 0.3) is 5.89 Å². The molecule has 132 valence electrons. The lowest BCUT2D eigenvalue weighted by molar-refractivity contribution is 0.190. The zero-order chi connectivity index (χ0) is 16.4. The van der Waals surface area contributed by atoms with E-state index in [0.29, 0.717) is 17.3 Å². The zero-order valence-corrected chi connectivity index (χ0v) is 15.2. The van der Waals surface area contributed by atoms with Crippen molar-refractivity contribution in [2.45, 2.75) is 11.8 Å². The summed E-state index contributed by atoms with van der Waals surface area (Å²) in [6.45, 7) is 2.66. The van der Waals surface area contributed by atoms with Crippen molar-refractivity contribution in [1.82, 2.24) is 20.4 Å². The van der Waals surface area contributed by atoms with E-state index >= 15 is 0 Å². The van der Waals surface area contributed by atoms with E-state index in [-0.39, 0.29) is 24.2 Å². The van der Waals surface area contributed by atoms with Crippen molar-refractivity contribution in [3.63, 3.8) is 0 Å². The molecular weight excluding hydrogens is 352 g/mol. The van der Waals surface area contributed by atoms with Crippen LogP contribution in [0.4, 0.5) is 0 Å². The summed E-state index contributed by atoms with van der Waals surface area (Å²) in [5.74, 6) is 1.05. The topological polar surface area (TPSA) is 88.3 Å². The van der Waals surface area contributed by atoms with Gasteiger partial charge in [-0.05, 0) is 24.7 Å². The highest BCUT2D eigenvalue weighted by Crippen LogP contribution is 2.23. The second-order valence-corrected chi connectivity index (χ2v) is 8.07. The molecule has 1 N–H and O–H groups in total. The van der Waals surface area contributed by atoms with Gasteiger partial charge in [0.1, 0.15) is 0 Å². The summed E-state index contributed by atoms with van der Waals surface area (Å²) in [6, 6.07) is 7.28. The van der Waals surface area contributed by atoms with Crippen LogP contribution in [0.3, 0.4) is 0 Å². The van der Waals surface area contributed by atoms with Crippen molar-refractivity contribution < 1.29 is 12.9 Å².